The molecule has 0 aromatic heterocycles. The molecule has 1 aromatic carbocycles. The third-order valence-electron chi connectivity index (χ3n) is 4.24. The number of nitrogens with one attached hydrogen (secondary N) is 2. The summed E-state index contributed by atoms with van der Waals surface area (Å²) in [7, 11) is 1.76. The first kappa shape index (κ1) is 22.7. The summed E-state index contributed by atoms with van der Waals surface area (Å²) < 4.78 is 5.86. The lowest BCUT2D eigenvalue weighted by Crippen LogP contribution is -2.44. The third kappa shape index (κ3) is 7.90. The first-order valence-corrected chi connectivity index (χ1v) is 9.07. The van der Waals surface area contributed by atoms with Crippen LogP contribution in [0.1, 0.15) is 25.3 Å². The lowest BCUT2D eigenvalue weighted by Gasteiger charge is -2.21. The van der Waals surface area contributed by atoms with Gasteiger partial charge in [0.25, 0.3) is 0 Å². The van der Waals surface area contributed by atoms with Crippen LogP contribution in [0.2, 0.25) is 0 Å². The maximum absolute atomic E-state index is 11.7. The molecule has 0 saturated carbocycles. The van der Waals surface area contributed by atoms with Gasteiger partial charge >= 0.3 is 0 Å². The Morgan fingerprint density at radius 3 is 2.77 bits per heavy atom. The molecule has 1 aliphatic rings. The predicted molar refractivity (Wildman–Crippen MR) is 116 cm³/mol. The number of benzene rings is 1. The molecule has 7 heteroatoms. The number of carbonyl (C=O) groups excluding carboxylic acids is 1. The number of guanidine groups is 1. The van der Waals surface area contributed by atoms with Crippen LogP contribution in [-0.2, 0) is 16.1 Å². The molecule has 0 bridgehead atoms. The van der Waals surface area contributed by atoms with E-state index in [1.165, 1.54) is 5.56 Å². The van der Waals surface area contributed by atoms with Gasteiger partial charge in [0.15, 0.2) is 5.96 Å². The van der Waals surface area contributed by atoms with Gasteiger partial charge in [-0.1, -0.05) is 37.3 Å². The zero-order valence-corrected chi connectivity index (χ0v) is 18.1. The SMILES string of the molecule is CCCNC(=O)CNC(=NC)N1CCC(COCc2ccccc2)C1.I. The molecular weight excluding hydrogens is 443 g/mol. The number of hydrogen-bond donors (Lipinski definition) is 2. The quantitative estimate of drug-likeness (QED) is 0.345. The van der Waals surface area contributed by atoms with E-state index in [0.717, 1.165) is 38.5 Å². The van der Waals surface area contributed by atoms with Gasteiger partial charge in [-0.25, -0.2) is 0 Å². The highest BCUT2D eigenvalue weighted by atomic mass is 127. The van der Waals surface area contributed by atoms with Crippen LogP contribution in [0.4, 0.5) is 0 Å². The fraction of sp³-hybridized carbons (Fsp3) is 0.579. The Morgan fingerprint density at radius 2 is 2.08 bits per heavy atom. The standard InChI is InChI=1S/C19H30N4O2.HI/c1-3-10-21-18(24)12-22-19(20-2)23-11-9-17(13-23)15-25-14-16-7-5-4-6-8-16;/h4-8,17H,3,9-15H2,1-2H3,(H,20,22)(H,21,24);1H. The van der Waals surface area contributed by atoms with Crippen LogP contribution >= 0.6 is 24.0 Å². The summed E-state index contributed by atoms with van der Waals surface area (Å²) in [5.74, 6) is 1.29. The smallest absolute Gasteiger partial charge is 0.239 e. The molecule has 0 spiro atoms. The summed E-state index contributed by atoms with van der Waals surface area (Å²) in [5, 5.41) is 6.01. The van der Waals surface area contributed by atoms with Crippen molar-refractivity contribution in [3.63, 3.8) is 0 Å². The summed E-state index contributed by atoms with van der Waals surface area (Å²) in [5.41, 5.74) is 1.20. The number of ether oxygens (including phenoxy) is 1. The van der Waals surface area contributed by atoms with Crippen LogP contribution in [0.5, 0.6) is 0 Å². The number of hydrogen-bond acceptors (Lipinski definition) is 3. The van der Waals surface area contributed by atoms with Crippen molar-refractivity contribution in [1.82, 2.24) is 15.5 Å². The highest BCUT2D eigenvalue weighted by molar-refractivity contribution is 14.0. The van der Waals surface area contributed by atoms with Gasteiger partial charge in [-0.15, -0.1) is 24.0 Å². The summed E-state index contributed by atoms with van der Waals surface area (Å²) in [6.45, 7) is 6.26. The lowest BCUT2D eigenvalue weighted by atomic mass is 10.1. The fourth-order valence-electron chi connectivity index (χ4n) is 2.90. The monoisotopic (exact) mass is 474 g/mol. The van der Waals surface area contributed by atoms with Crippen molar-refractivity contribution in [3.8, 4) is 0 Å². The maximum atomic E-state index is 11.7. The van der Waals surface area contributed by atoms with Gasteiger partial charge in [-0.3, -0.25) is 9.79 Å². The van der Waals surface area contributed by atoms with E-state index >= 15 is 0 Å². The number of aliphatic imine (C=N–C) groups is 1. The first-order valence-electron chi connectivity index (χ1n) is 9.07. The Labute approximate surface area is 173 Å². The van der Waals surface area contributed by atoms with Crippen LogP contribution in [0, 0.1) is 5.92 Å². The van der Waals surface area contributed by atoms with Crippen molar-refractivity contribution in [3.05, 3.63) is 35.9 Å². The van der Waals surface area contributed by atoms with Crippen LogP contribution in [0.3, 0.4) is 0 Å². The fourth-order valence-corrected chi connectivity index (χ4v) is 2.90. The Hall–Kier alpha value is -1.35. The second kappa shape index (κ2) is 12.9. The largest absolute Gasteiger partial charge is 0.376 e. The van der Waals surface area contributed by atoms with E-state index in [1.54, 1.807) is 7.05 Å². The second-order valence-corrected chi connectivity index (χ2v) is 6.35. The number of likely N-dealkylation sites (tertiary alicyclic amines) is 1. The normalized spacial score (nSPS) is 16.9. The lowest BCUT2D eigenvalue weighted by molar-refractivity contribution is -0.120. The molecule has 2 rings (SSSR count). The average molecular weight is 474 g/mol. The minimum Gasteiger partial charge on any atom is -0.376 e. The van der Waals surface area contributed by atoms with Gasteiger partial charge < -0.3 is 20.3 Å². The number of carbonyl (C=O) groups is 1. The van der Waals surface area contributed by atoms with E-state index in [-0.39, 0.29) is 36.4 Å². The van der Waals surface area contributed by atoms with Crippen LogP contribution in [0.25, 0.3) is 0 Å². The minimum absolute atomic E-state index is 0. The summed E-state index contributed by atoms with van der Waals surface area (Å²) >= 11 is 0. The van der Waals surface area contributed by atoms with E-state index in [2.05, 4.69) is 32.7 Å². The van der Waals surface area contributed by atoms with Crippen LogP contribution in [0.15, 0.2) is 35.3 Å². The van der Waals surface area contributed by atoms with Gasteiger partial charge in [-0.05, 0) is 18.4 Å². The van der Waals surface area contributed by atoms with Crippen LogP contribution in [-0.4, -0.2) is 56.6 Å². The van der Waals surface area contributed by atoms with E-state index in [1.807, 2.05) is 25.1 Å². The molecule has 1 unspecified atom stereocenters. The Bertz CT molecular complexity index is 554. The zero-order chi connectivity index (χ0) is 17.9. The number of nitrogens with zero attached hydrogens (tertiary/aromatic N) is 2. The molecule has 2 N–H and O–H groups in total. The van der Waals surface area contributed by atoms with Crippen molar-refractivity contribution >= 4 is 35.8 Å². The molecule has 1 saturated heterocycles. The van der Waals surface area contributed by atoms with Crippen LogP contribution < -0.4 is 10.6 Å². The summed E-state index contributed by atoms with van der Waals surface area (Å²) in [6, 6.07) is 10.2. The van der Waals surface area contributed by atoms with E-state index in [4.69, 9.17) is 4.74 Å². The predicted octanol–water partition coefficient (Wildman–Crippen LogP) is 2.24. The number of halogens is 1. The highest BCUT2D eigenvalue weighted by Gasteiger charge is 2.25. The van der Waals surface area contributed by atoms with E-state index in [0.29, 0.717) is 19.1 Å². The maximum Gasteiger partial charge on any atom is 0.239 e. The molecule has 1 atom stereocenters. The van der Waals surface area contributed by atoms with Crippen molar-refractivity contribution in [2.45, 2.75) is 26.4 Å². The first-order chi connectivity index (χ1) is 12.2. The third-order valence-corrected chi connectivity index (χ3v) is 4.24. The second-order valence-electron chi connectivity index (χ2n) is 6.35. The van der Waals surface area contributed by atoms with Gasteiger partial charge in [0.2, 0.25) is 5.91 Å². The van der Waals surface area contributed by atoms with Gasteiger partial charge in [-0.2, -0.15) is 0 Å². The van der Waals surface area contributed by atoms with Gasteiger partial charge in [0.1, 0.15) is 0 Å². The van der Waals surface area contributed by atoms with Gasteiger partial charge in [0.05, 0.1) is 19.8 Å². The molecule has 0 radical (unpaired) electrons. The molecule has 146 valence electrons. The molecule has 0 aliphatic carbocycles. The molecule has 26 heavy (non-hydrogen) atoms. The topological polar surface area (TPSA) is 66.0 Å². The molecule has 1 aliphatic heterocycles. The summed E-state index contributed by atoms with van der Waals surface area (Å²) in [4.78, 5) is 18.2. The molecular formula is C19H31IN4O2. The van der Waals surface area contributed by atoms with Crippen molar-refractivity contribution < 1.29 is 9.53 Å². The van der Waals surface area contributed by atoms with Crippen molar-refractivity contribution in [1.29, 1.82) is 0 Å². The molecule has 1 fully saturated rings. The average Bonchev–Trinajstić information content (AvgIpc) is 3.10. The molecule has 1 heterocycles. The van der Waals surface area contributed by atoms with E-state index < -0.39 is 0 Å². The molecule has 1 amide bonds. The molecule has 6 nitrogen and oxygen atoms in total. The van der Waals surface area contributed by atoms with Gasteiger partial charge in [0, 0.05) is 32.6 Å². The zero-order valence-electron chi connectivity index (χ0n) is 15.7. The Balaban J connectivity index is 0.00000338. The van der Waals surface area contributed by atoms with Crippen molar-refractivity contribution in [2.75, 3.05) is 39.8 Å². The Kier molecular flexibility index (Phi) is 11.3. The van der Waals surface area contributed by atoms with Crippen molar-refractivity contribution in [2.24, 2.45) is 10.9 Å². The van der Waals surface area contributed by atoms with E-state index in [9.17, 15) is 4.79 Å². The molecule has 1 aromatic rings. The highest BCUT2D eigenvalue weighted by Crippen LogP contribution is 2.17. The minimum atomic E-state index is 0. The number of amides is 1. The Morgan fingerprint density at radius 1 is 1.31 bits per heavy atom. The summed E-state index contributed by atoms with van der Waals surface area (Å²) in [6.07, 6.45) is 2.02. The number of rotatable bonds is 8.